The van der Waals surface area contributed by atoms with Crippen molar-refractivity contribution >= 4 is 12.2 Å². The molecule has 2 aliphatic carbocycles. The number of nitrogens with zero attached hydrogens (tertiary/aromatic N) is 3. The molecular weight excluding hydrogens is 306 g/mol. The van der Waals surface area contributed by atoms with Crippen molar-refractivity contribution in [1.82, 2.24) is 0 Å². The van der Waals surface area contributed by atoms with Crippen LogP contribution in [0.1, 0.15) is 59.3 Å². The Kier molecular flexibility index (Phi) is 9.01. The SMILES string of the molecule is CC1CCC(N=C=O)CC1N=C=O.CC1CCCC(OC#N)C1C. The van der Waals surface area contributed by atoms with Crippen LogP contribution >= 0.6 is 0 Å². The fourth-order valence-corrected chi connectivity index (χ4v) is 3.48. The summed E-state index contributed by atoms with van der Waals surface area (Å²) in [5.41, 5.74) is 0. The average Bonchev–Trinajstić information content (AvgIpc) is 2.56. The van der Waals surface area contributed by atoms with Gasteiger partial charge in [-0.3, -0.25) is 0 Å². The molecule has 0 aromatic carbocycles. The Morgan fingerprint density at radius 3 is 2.29 bits per heavy atom. The van der Waals surface area contributed by atoms with Gasteiger partial charge in [0.05, 0.1) is 12.1 Å². The number of carbonyl (C=O) groups excluding carboxylic acids is 2. The van der Waals surface area contributed by atoms with Crippen molar-refractivity contribution in [3.63, 3.8) is 0 Å². The smallest absolute Gasteiger partial charge is 0.286 e. The highest BCUT2D eigenvalue weighted by Crippen LogP contribution is 2.31. The zero-order valence-electron chi connectivity index (χ0n) is 14.8. The van der Waals surface area contributed by atoms with E-state index in [-0.39, 0.29) is 18.2 Å². The van der Waals surface area contributed by atoms with Crippen LogP contribution in [0.3, 0.4) is 0 Å². The van der Waals surface area contributed by atoms with Crippen molar-refractivity contribution in [1.29, 1.82) is 5.26 Å². The first kappa shape index (κ1) is 20.1. The maximum atomic E-state index is 10.1. The van der Waals surface area contributed by atoms with Gasteiger partial charge in [-0.25, -0.2) is 19.6 Å². The Hall–Kier alpha value is -1.95. The molecule has 0 amide bonds. The summed E-state index contributed by atoms with van der Waals surface area (Å²) in [6.07, 6.45) is 11.1. The summed E-state index contributed by atoms with van der Waals surface area (Å²) in [6, 6.07) is -0.0239. The lowest BCUT2D eigenvalue weighted by Crippen LogP contribution is -2.29. The van der Waals surface area contributed by atoms with E-state index in [1.165, 1.54) is 12.8 Å². The molecule has 0 radical (unpaired) electrons. The number of rotatable bonds is 3. The Bertz CT molecular complexity index is 518. The maximum Gasteiger partial charge on any atom is 0.286 e. The first-order valence-electron chi connectivity index (χ1n) is 8.72. The summed E-state index contributed by atoms with van der Waals surface area (Å²) in [4.78, 5) is 27.5. The van der Waals surface area contributed by atoms with Crippen LogP contribution in [0.2, 0.25) is 0 Å². The van der Waals surface area contributed by atoms with Crippen molar-refractivity contribution < 1.29 is 14.3 Å². The van der Waals surface area contributed by atoms with Crippen LogP contribution < -0.4 is 0 Å². The van der Waals surface area contributed by atoms with Crippen LogP contribution in [0.15, 0.2) is 9.98 Å². The molecule has 2 fully saturated rings. The molecule has 0 aromatic heterocycles. The van der Waals surface area contributed by atoms with Crippen LogP contribution in [0, 0.1) is 29.3 Å². The summed E-state index contributed by atoms with van der Waals surface area (Å²) in [6.45, 7) is 6.45. The molecule has 6 heteroatoms. The zero-order valence-corrected chi connectivity index (χ0v) is 14.8. The van der Waals surface area contributed by atoms with E-state index in [9.17, 15) is 9.59 Å². The summed E-state index contributed by atoms with van der Waals surface area (Å²) < 4.78 is 4.97. The lowest BCUT2D eigenvalue weighted by molar-refractivity contribution is 0.0439. The molecule has 24 heavy (non-hydrogen) atoms. The second-order valence-electron chi connectivity index (χ2n) is 6.97. The minimum absolute atomic E-state index is 0.00389. The largest absolute Gasteiger partial charge is 0.424 e. The predicted molar refractivity (Wildman–Crippen MR) is 89.5 cm³/mol. The number of isocyanates is 2. The second kappa shape index (κ2) is 10.8. The van der Waals surface area contributed by atoms with E-state index in [0.29, 0.717) is 24.2 Å². The first-order valence-corrected chi connectivity index (χ1v) is 8.72. The third kappa shape index (κ3) is 6.28. The third-order valence-corrected chi connectivity index (χ3v) is 5.42. The van der Waals surface area contributed by atoms with Gasteiger partial charge in [0.2, 0.25) is 12.2 Å². The van der Waals surface area contributed by atoms with Crippen LogP contribution in [0.4, 0.5) is 0 Å². The maximum absolute atomic E-state index is 10.1. The lowest BCUT2D eigenvalue weighted by Gasteiger charge is -2.31. The van der Waals surface area contributed by atoms with Gasteiger partial charge < -0.3 is 4.74 Å². The first-order chi connectivity index (χ1) is 11.5. The molecule has 2 saturated carbocycles. The van der Waals surface area contributed by atoms with Crippen LogP contribution in [0.25, 0.3) is 0 Å². The highest BCUT2D eigenvalue weighted by molar-refractivity contribution is 5.35. The van der Waals surface area contributed by atoms with Crippen LogP contribution in [-0.2, 0) is 14.3 Å². The summed E-state index contributed by atoms with van der Waals surface area (Å²) in [5.74, 6) is 1.64. The van der Waals surface area contributed by atoms with Gasteiger partial charge in [0.25, 0.3) is 6.26 Å². The van der Waals surface area contributed by atoms with Gasteiger partial charge >= 0.3 is 0 Å². The minimum Gasteiger partial charge on any atom is -0.424 e. The highest BCUT2D eigenvalue weighted by atomic mass is 16.5. The van der Waals surface area contributed by atoms with Gasteiger partial charge in [-0.05, 0) is 49.9 Å². The van der Waals surface area contributed by atoms with Gasteiger partial charge in [0.1, 0.15) is 6.10 Å². The Morgan fingerprint density at radius 1 is 0.958 bits per heavy atom. The molecule has 132 valence electrons. The molecule has 2 rings (SSSR count). The fourth-order valence-electron chi connectivity index (χ4n) is 3.48. The number of nitriles is 1. The molecule has 0 aromatic rings. The number of hydrogen-bond acceptors (Lipinski definition) is 6. The molecule has 6 atom stereocenters. The zero-order chi connectivity index (χ0) is 17.9. The average molecular weight is 333 g/mol. The highest BCUT2D eigenvalue weighted by Gasteiger charge is 2.28. The molecule has 0 aliphatic heterocycles. The Balaban J connectivity index is 0.000000243. The van der Waals surface area contributed by atoms with Gasteiger partial charge in [0.15, 0.2) is 0 Å². The summed E-state index contributed by atoms with van der Waals surface area (Å²) in [5, 5.41) is 8.35. The molecule has 6 nitrogen and oxygen atoms in total. The molecule has 0 heterocycles. The van der Waals surface area contributed by atoms with Crippen molar-refractivity contribution in [3.8, 4) is 6.26 Å². The van der Waals surface area contributed by atoms with E-state index >= 15 is 0 Å². The second-order valence-corrected chi connectivity index (χ2v) is 6.97. The van der Waals surface area contributed by atoms with Crippen LogP contribution in [0.5, 0.6) is 0 Å². The number of hydrogen-bond donors (Lipinski definition) is 0. The minimum atomic E-state index is -0.0200. The van der Waals surface area contributed by atoms with E-state index < -0.39 is 0 Å². The fraction of sp³-hybridized carbons (Fsp3) is 0.833. The van der Waals surface area contributed by atoms with Gasteiger partial charge in [-0.2, -0.15) is 5.26 Å². The van der Waals surface area contributed by atoms with E-state index in [4.69, 9.17) is 10.00 Å². The van der Waals surface area contributed by atoms with E-state index in [0.717, 1.165) is 19.3 Å². The third-order valence-electron chi connectivity index (χ3n) is 5.42. The molecule has 0 bridgehead atoms. The molecule has 0 spiro atoms. The Labute approximate surface area is 144 Å². The molecule has 2 aliphatic rings. The quantitative estimate of drug-likeness (QED) is 0.449. The van der Waals surface area contributed by atoms with Gasteiger partial charge in [-0.1, -0.05) is 27.2 Å². The summed E-state index contributed by atoms with van der Waals surface area (Å²) >= 11 is 0. The normalized spacial score (nSPS) is 35.1. The lowest BCUT2D eigenvalue weighted by atomic mass is 9.79. The summed E-state index contributed by atoms with van der Waals surface area (Å²) in [7, 11) is 0. The van der Waals surface area contributed by atoms with Crippen molar-refractivity contribution in [3.05, 3.63) is 0 Å². The molecule has 6 unspecified atom stereocenters. The Morgan fingerprint density at radius 2 is 1.67 bits per heavy atom. The van der Waals surface area contributed by atoms with Gasteiger partial charge in [0, 0.05) is 0 Å². The van der Waals surface area contributed by atoms with Crippen LogP contribution in [-0.4, -0.2) is 30.3 Å². The van der Waals surface area contributed by atoms with Gasteiger partial charge in [-0.15, -0.1) is 0 Å². The van der Waals surface area contributed by atoms with E-state index in [2.05, 4.69) is 23.8 Å². The molecule has 0 saturated heterocycles. The monoisotopic (exact) mass is 333 g/mol. The van der Waals surface area contributed by atoms with Crippen molar-refractivity contribution in [2.24, 2.45) is 27.7 Å². The number of ether oxygens (including phenoxy) is 1. The van der Waals surface area contributed by atoms with Crippen molar-refractivity contribution in [2.75, 3.05) is 0 Å². The van der Waals surface area contributed by atoms with E-state index in [1.807, 2.05) is 6.92 Å². The predicted octanol–water partition coefficient (Wildman–Crippen LogP) is 3.52. The molecule has 0 N–H and O–H groups in total. The molecular formula is C18H27N3O3. The van der Waals surface area contributed by atoms with Crippen molar-refractivity contribution in [2.45, 2.75) is 77.5 Å². The standard InChI is InChI=1S/C9H12N2O2.C9H15NO/c1-7-2-3-8(10-5-12)4-9(7)11-6-13;1-7-4-3-5-9(8(7)2)11-6-10/h7-9H,2-4H2,1H3;7-9H,3-5H2,1-2H3. The number of aliphatic imine (C=N–C) groups is 2. The van der Waals surface area contributed by atoms with E-state index in [1.54, 1.807) is 18.4 Å². The topological polar surface area (TPSA) is 91.9 Å².